The summed E-state index contributed by atoms with van der Waals surface area (Å²) in [6.07, 6.45) is 12.9. The van der Waals surface area contributed by atoms with Crippen LogP contribution in [-0.4, -0.2) is 75.0 Å². The molecule has 1 aliphatic rings. The molecule has 1 saturated heterocycles. The Hall–Kier alpha value is -0.460. The fourth-order valence-electron chi connectivity index (χ4n) is 3.78. The quantitative estimate of drug-likeness (QED) is 0.357. The van der Waals surface area contributed by atoms with Crippen LogP contribution in [0.3, 0.4) is 0 Å². The van der Waals surface area contributed by atoms with Gasteiger partial charge in [0.25, 0.3) is 0 Å². The van der Waals surface area contributed by atoms with E-state index in [1.54, 1.807) is 0 Å². The normalized spacial score (nSPS) is 21.0. The number of β-amino-alcohol motifs (C(OH)–C–C–N with tert-alkyl or cyclic N) is 1. The maximum atomic E-state index is 10.6. The van der Waals surface area contributed by atoms with Gasteiger partial charge in [0.15, 0.2) is 0 Å². The smallest absolute Gasteiger partial charge is 0.0850 e. The van der Waals surface area contributed by atoms with Crippen molar-refractivity contribution in [1.29, 1.82) is 0 Å². The van der Waals surface area contributed by atoms with Crippen LogP contribution in [-0.2, 0) is 0 Å². The first-order valence-corrected chi connectivity index (χ1v) is 11.9. The van der Waals surface area contributed by atoms with E-state index in [-0.39, 0.29) is 6.10 Å². The van der Waals surface area contributed by atoms with Gasteiger partial charge in [-0.05, 0) is 78.3 Å². The van der Waals surface area contributed by atoms with E-state index in [0.29, 0.717) is 0 Å². The van der Waals surface area contributed by atoms with Crippen LogP contribution in [0.2, 0.25) is 0 Å². The highest BCUT2D eigenvalue weighted by molar-refractivity contribution is 5.02. The van der Waals surface area contributed by atoms with Gasteiger partial charge in [-0.2, -0.15) is 0 Å². The van der Waals surface area contributed by atoms with Crippen molar-refractivity contribution >= 4 is 0 Å². The molecule has 0 aromatic rings. The molecular weight excluding hydrogens is 348 g/mol. The Bertz CT molecular complexity index is 360. The van der Waals surface area contributed by atoms with Crippen LogP contribution in [0.4, 0.5) is 0 Å². The summed E-state index contributed by atoms with van der Waals surface area (Å²) >= 11 is 0. The largest absolute Gasteiger partial charge is 0.388 e. The summed E-state index contributed by atoms with van der Waals surface area (Å²) in [5, 5.41) is 21.1. The minimum atomic E-state index is -0.345. The average molecular weight is 397 g/mol. The molecule has 1 atom stereocenters. The predicted molar refractivity (Wildman–Crippen MR) is 122 cm³/mol. The van der Waals surface area contributed by atoms with E-state index >= 15 is 0 Å². The van der Waals surface area contributed by atoms with Gasteiger partial charge in [0.2, 0.25) is 0 Å². The zero-order valence-electron chi connectivity index (χ0n) is 18.8. The van der Waals surface area contributed by atoms with Crippen LogP contribution in [0.25, 0.3) is 0 Å². The number of aliphatic hydroxyl groups excluding tert-OH is 1. The average Bonchev–Trinajstić information content (AvgIpc) is 2.68. The molecule has 5 heteroatoms. The monoisotopic (exact) mass is 396 g/mol. The molecule has 5 nitrogen and oxygen atoms in total. The highest BCUT2D eigenvalue weighted by atomic mass is 16.3. The molecule has 0 aliphatic carbocycles. The SMILES string of the molecule is CCCCCCC/C(C)=C\C(O)CN1CCCNCCCNCCNCCC1. The maximum absolute atomic E-state index is 10.6. The lowest BCUT2D eigenvalue weighted by molar-refractivity contribution is 0.143. The van der Waals surface area contributed by atoms with Gasteiger partial charge in [-0.15, -0.1) is 0 Å². The van der Waals surface area contributed by atoms with Gasteiger partial charge in [-0.1, -0.05) is 44.3 Å². The van der Waals surface area contributed by atoms with Gasteiger partial charge in [-0.3, -0.25) is 0 Å². The maximum Gasteiger partial charge on any atom is 0.0850 e. The van der Waals surface area contributed by atoms with Gasteiger partial charge in [-0.25, -0.2) is 0 Å². The molecule has 0 aromatic heterocycles. The fourth-order valence-corrected chi connectivity index (χ4v) is 3.78. The summed E-state index contributed by atoms with van der Waals surface area (Å²) in [4.78, 5) is 2.44. The first kappa shape index (κ1) is 25.6. The van der Waals surface area contributed by atoms with Crippen molar-refractivity contribution in [3.05, 3.63) is 11.6 Å². The molecule has 1 heterocycles. The van der Waals surface area contributed by atoms with Crippen LogP contribution in [0, 0.1) is 0 Å². The Labute approximate surface area is 174 Å². The van der Waals surface area contributed by atoms with Crippen LogP contribution < -0.4 is 16.0 Å². The predicted octanol–water partition coefficient (Wildman–Crippen LogP) is 2.91. The van der Waals surface area contributed by atoms with Crippen molar-refractivity contribution in [2.24, 2.45) is 0 Å². The second kappa shape index (κ2) is 18.6. The van der Waals surface area contributed by atoms with E-state index in [4.69, 9.17) is 0 Å². The lowest BCUT2D eigenvalue weighted by Crippen LogP contribution is -2.36. The number of rotatable bonds is 9. The fraction of sp³-hybridized carbons (Fsp3) is 0.913. The van der Waals surface area contributed by atoms with Crippen molar-refractivity contribution in [2.75, 3.05) is 58.9 Å². The highest BCUT2D eigenvalue weighted by Crippen LogP contribution is 2.11. The standard InChI is InChI=1S/C23H48N4O/c1-3-4-5-6-7-11-22(2)20-23(28)21-27-18-9-14-24-12-8-13-25-16-17-26-15-10-19-27/h20,23-26,28H,3-19,21H2,1-2H3/b22-20-. The molecule has 0 saturated carbocycles. The van der Waals surface area contributed by atoms with Crippen LogP contribution >= 0.6 is 0 Å². The van der Waals surface area contributed by atoms with Gasteiger partial charge in [0.1, 0.15) is 0 Å². The molecule has 1 aliphatic heterocycles. The highest BCUT2D eigenvalue weighted by Gasteiger charge is 2.10. The van der Waals surface area contributed by atoms with Gasteiger partial charge in [0.05, 0.1) is 6.10 Å². The molecule has 0 bridgehead atoms. The number of nitrogens with zero attached hydrogens (tertiary/aromatic N) is 1. The van der Waals surface area contributed by atoms with E-state index in [1.807, 2.05) is 0 Å². The third kappa shape index (κ3) is 15.5. The Kier molecular flexibility index (Phi) is 17.0. The summed E-state index contributed by atoms with van der Waals surface area (Å²) in [5.41, 5.74) is 1.35. The van der Waals surface area contributed by atoms with Crippen molar-refractivity contribution < 1.29 is 5.11 Å². The minimum absolute atomic E-state index is 0.345. The summed E-state index contributed by atoms with van der Waals surface area (Å²) < 4.78 is 0. The van der Waals surface area contributed by atoms with E-state index in [2.05, 4.69) is 40.8 Å². The molecule has 166 valence electrons. The number of nitrogens with one attached hydrogen (secondary N) is 3. The molecule has 28 heavy (non-hydrogen) atoms. The zero-order chi connectivity index (χ0) is 20.3. The Morgan fingerprint density at radius 3 is 2.07 bits per heavy atom. The first-order valence-electron chi connectivity index (χ1n) is 11.9. The van der Waals surface area contributed by atoms with E-state index in [9.17, 15) is 5.11 Å². The number of hydrogen-bond acceptors (Lipinski definition) is 5. The molecule has 0 radical (unpaired) electrons. The van der Waals surface area contributed by atoms with Gasteiger partial charge >= 0.3 is 0 Å². The number of allylic oxidation sites excluding steroid dienone is 1. The molecule has 0 spiro atoms. The van der Waals surface area contributed by atoms with E-state index in [0.717, 1.165) is 78.2 Å². The topological polar surface area (TPSA) is 59.6 Å². The third-order valence-corrected chi connectivity index (χ3v) is 5.44. The lowest BCUT2D eigenvalue weighted by atomic mass is 10.1. The number of aliphatic hydroxyl groups is 1. The molecule has 0 aromatic carbocycles. The van der Waals surface area contributed by atoms with Crippen molar-refractivity contribution in [3.8, 4) is 0 Å². The molecule has 4 N–H and O–H groups in total. The van der Waals surface area contributed by atoms with E-state index in [1.165, 1.54) is 44.1 Å². The molecule has 0 amide bonds. The lowest BCUT2D eigenvalue weighted by Gasteiger charge is -2.24. The second-order valence-corrected chi connectivity index (χ2v) is 8.36. The first-order chi connectivity index (χ1) is 13.7. The number of hydrogen-bond donors (Lipinski definition) is 4. The molecule has 1 fully saturated rings. The van der Waals surface area contributed by atoms with Crippen LogP contribution in [0.5, 0.6) is 0 Å². The van der Waals surface area contributed by atoms with Crippen molar-refractivity contribution in [3.63, 3.8) is 0 Å². The second-order valence-electron chi connectivity index (χ2n) is 8.36. The van der Waals surface area contributed by atoms with Gasteiger partial charge < -0.3 is 26.0 Å². The Morgan fingerprint density at radius 2 is 1.43 bits per heavy atom. The van der Waals surface area contributed by atoms with Crippen LogP contribution in [0.15, 0.2) is 11.6 Å². The summed E-state index contributed by atoms with van der Waals surface area (Å²) in [5.74, 6) is 0. The Morgan fingerprint density at radius 1 is 0.857 bits per heavy atom. The van der Waals surface area contributed by atoms with Crippen molar-refractivity contribution in [2.45, 2.75) is 77.7 Å². The Balaban J connectivity index is 2.34. The van der Waals surface area contributed by atoms with Crippen LogP contribution in [0.1, 0.15) is 71.6 Å². The summed E-state index contributed by atoms with van der Waals surface area (Å²) in [6, 6.07) is 0. The molecular formula is C23H48N4O. The van der Waals surface area contributed by atoms with E-state index < -0.39 is 0 Å². The summed E-state index contributed by atoms with van der Waals surface area (Å²) in [6.45, 7) is 13.7. The zero-order valence-corrected chi connectivity index (χ0v) is 18.8. The van der Waals surface area contributed by atoms with Gasteiger partial charge in [0, 0.05) is 19.6 Å². The molecule has 1 rings (SSSR count). The van der Waals surface area contributed by atoms with Crippen molar-refractivity contribution in [1.82, 2.24) is 20.9 Å². The minimum Gasteiger partial charge on any atom is -0.388 e. The number of unbranched alkanes of at least 4 members (excludes halogenated alkanes) is 4. The third-order valence-electron chi connectivity index (χ3n) is 5.44. The molecule has 1 unspecified atom stereocenters. The summed E-state index contributed by atoms with van der Waals surface area (Å²) in [7, 11) is 0.